The molecule has 1 saturated heterocycles. The van der Waals surface area contributed by atoms with Crippen LogP contribution in [0.1, 0.15) is 24.8 Å². The Bertz CT molecular complexity index is 1110. The van der Waals surface area contributed by atoms with Gasteiger partial charge in [0.15, 0.2) is 5.82 Å². The molecular weight excluding hydrogens is 445 g/mol. The molecule has 7 nitrogen and oxygen atoms in total. The molecule has 1 aliphatic heterocycles. The Morgan fingerprint density at radius 1 is 1.00 bits per heavy atom. The van der Waals surface area contributed by atoms with Gasteiger partial charge in [-0.1, -0.05) is 36.8 Å². The minimum Gasteiger partial charge on any atom is -0.382 e. The van der Waals surface area contributed by atoms with Gasteiger partial charge < -0.3 is 21.3 Å². The van der Waals surface area contributed by atoms with Crippen LogP contribution in [0.25, 0.3) is 16.9 Å². The van der Waals surface area contributed by atoms with Crippen LogP contribution in [0.5, 0.6) is 0 Å². The summed E-state index contributed by atoms with van der Waals surface area (Å²) < 4.78 is 40.2. The van der Waals surface area contributed by atoms with Crippen molar-refractivity contribution < 1.29 is 18.0 Å². The van der Waals surface area contributed by atoms with Crippen LogP contribution in [-0.4, -0.2) is 46.9 Å². The molecule has 1 fully saturated rings. The maximum Gasteiger partial charge on any atom is 0.416 e. The van der Waals surface area contributed by atoms with E-state index in [1.807, 2.05) is 30.3 Å². The van der Waals surface area contributed by atoms with E-state index in [1.54, 1.807) is 0 Å². The molecule has 0 saturated carbocycles. The first-order chi connectivity index (χ1) is 16.3. The molecule has 10 heteroatoms. The Kier molecular flexibility index (Phi) is 7.06. The third kappa shape index (κ3) is 5.51. The molecule has 180 valence electrons. The summed E-state index contributed by atoms with van der Waals surface area (Å²) in [6, 6.07) is 13.2. The van der Waals surface area contributed by atoms with Crippen LogP contribution in [-0.2, 0) is 6.18 Å². The van der Waals surface area contributed by atoms with E-state index in [9.17, 15) is 18.0 Å². The van der Waals surface area contributed by atoms with Crippen LogP contribution in [0.3, 0.4) is 0 Å². The number of nitrogens with two attached hydrogens (primary N) is 1. The fourth-order valence-electron chi connectivity index (χ4n) is 4.01. The van der Waals surface area contributed by atoms with Crippen molar-refractivity contribution in [3.63, 3.8) is 0 Å². The summed E-state index contributed by atoms with van der Waals surface area (Å²) in [5, 5.41) is 10.1. The molecule has 0 atom stereocenters. The van der Waals surface area contributed by atoms with Gasteiger partial charge in [0, 0.05) is 18.7 Å². The van der Waals surface area contributed by atoms with Gasteiger partial charge in [0.2, 0.25) is 0 Å². The van der Waals surface area contributed by atoms with E-state index in [0.29, 0.717) is 29.2 Å². The smallest absolute Gasteiger partial charge is 0.382 e. The summed E-state index contributed by atoms with van der Waals surface area (Å²) in [6.07, 6.45) is -0.851. The second-order valence-electron chi connectivity index (χ2n) is 8.21. The van der Waals surface area contributed by atoms with Crippen molar-refractivity contribution in [1.29, 1.82) is 0 Å². The Morgan fingerprint density at radius 2 is 1.68 bits per heavy atom. The fraction of sp³-hybridized carbons (Fsp3) is 0.333. The quantitative estimate of drug-likeness (QED) is 0.483. The van der Waals surface area contributed by atoms with Gasteiger partial charge in [-0.25, -0.2) is 9.48 Å². The third-order valence-corrected chi connectivity index (χ3v) is 5.81. The number of amides is 2. The number of hydrogen-bond donors (Lipinski definition) is 3. The zero-order chi connectivity index (χ0) is 24.1. The lowest BCUT2D eigenvalue weighted by Crippen LogP contribution is -2.39. The van der Waals surface area contributed by atoms with Crippen molar-refractivity contribution in [2.45, 2.75) is 25.4 Å². The predicted octanol–water partition coefficient (Wildman–Crippen LogP) is 4.75. The molecule has 4 N–H and O–H groups in total. The number of benzene rings is 2. The topological polar surface area (TPSA) is 88.2 Å². The Hall–Kier alpha value is -3.53. The van der Waals surface area contributed by atoms with Gasteiger partial charge >= 0.3 is 12.2 Å². The molecule has 0 spiro atoms. The molecule has 34 heavy (non-hydrogen) atoms. The third-order valence-electron chi connectivity index (χ3n) is 5.81. The van der Waals surface area contributed by atoms with Crippen LogP contribution in [0, 0.1) is 0 Å². The number of nitrogens with one attached hydrogen (secondary N) is 2. The lowest BCUT2D eigenvalue weighted by atomic mass is 10.1. The Balaban J connectivity index is 1.55. The number of urea groups is 1. The van der Waals surface area contributed by atoms with Crippen molar-refractivity contribution in [2.24, 2.45) is 0 Å². The van der Waals surface area contributed by atoms with Gasteiger partial charge in [-0.05, 0) is 50.2 Å². The van der Waals surface area contributed by atoms with Crippen LogP contribution < -0.4 is 16.4 Å². The number of nitrogen functional groups attached to an aromatic ring is 1. The van der Waals surface area contributed by atoms with Crippen LogP contribution in [0.4, 0.5) is 29.5 Å². The van der Waals surface area contributed by atoms with Gasteiger partial charge in [-0.15, -0.1) is 0 Å². The van der Waals surface area contributed by atoms with E-state index >= 15 is 0 Å². The van der Waals surface area contributed by atoms with E-state index in [2.05, 4.69) is 20.6 Å². The number of piperidine rings is 1. The number of anilines is 2. The first-order valence-electron chi connectivity index (χ1n) is 11.2. The number of carbonyl (C=O) groups excluding carboxylic acids is 1. The highest BCUT2D eigenvalue weighted by Gasteiger charge is 2.30. The molecule has 4 rings (SSSR count). The van der Waals surface area contributed by atoms with E-state index < -0.39 is 17.8 Å². The lowest BCUT2D eigenvalue weighted by molar-refractivity contribution is -0.137. The largest absolute Gasteiger partial charge is 0.416 e. The minimum atomic E-state index is -4.44. The summed E-state index contributed by atoms with van der Waals surface area (Å²) in [4.78, 5) is 14.9. The number of hydrogen-bond acceptors (Lipinski definition) is 4. The molecule has 3 aromatic rings. The second-order valence-corrected chi connectivity index (χ2v) is 8.21. The summed E-state index contributed by atoms with van der Waals surface area (Å²) in [6.45, 7) is 3.32. The highest BCUT2D eigenvalue weighted by atomic mass is 19.4. The average molecular weight is 473 g/mol. The zero-order valence-corrected chi connectivity index (χ0v) is 18.6. The summed E-state index contributed by atoms with van der Waals surface area (Å²) in [7, 11) is 0. The minimum absolute atomic E-state index is 0.116. The number of halogens is 3. The number of aromatic nitrogens is 2. The first kappa shape index (κ1) is 23.6. The second kappa shape index (κ2) is 10.2. The van der Waals surface area contributed by atoms with E-state index in [4.69, 9.17) is 5.73 Å². The summed E-state index contributed by atoms with van der Waals surface area (Å²) in [5.74, 6) is 0.116. The maximum atomic E-state index is 13.0. The van der Waals surface area contributed by atoms with Gasteiger partial charge in [0.05, 0.1) is 11.3 Å². The monoisotopic (exact) mass is 472 g/mol. The number of nitrogens with zero attached hydrogens (tertiary/aromatic N) is 3. The van der Waals surface area contributed by atoms with Gasteiger partial charge in [-0.3, -0.25) is 0 Å². The van der Waals surface area contributed by atoms with E-state index in [-0.39, 0.29) is 5.82 Å². The van der Waals surface area contributed by atoms with Crippen molar-refractivity contribution in [3.05, 3.63) is 60.2 Å². The SMILES string of the molecule is Nc1c(NC(=O)NCCN2CCCCC2)c(-c2ccccc2)nn1-c1ccc(C(F)(F)F)cc1. The zero-order valence-electron chi connectivity index (χ0n) is 18.6. The van der Waals surface area contributed by atoms with Crippen LogP contribution >= 0.6 is 0 Å². The molecule has 1 aromatic heterocycles. The normalized spacial score (nSPS) is 14.7. The summed E-state index contributed by atoms with van der Waals surface area (Å²) in [5.41, 5.74) is 7.33. The van der Waals surface area contributed by atoms with Crippen molar-refractivity contribution in [2.75, 3.05) is 37.2 Å². The van der Waals surface area contributed by atoms with Crippen LogP contribution in [0.15, 0.2) is 54.6 Å². The number of carbonyl (C=O) groups is 1. The molecule has 0 radical (unpaired) electrons. The summed E-state index contributed by atoms with van der Waals surface area (Å²) >= 11 is 0. The molecular formula is C24H27F3N6O. The average Bonchev–Trinajstić information content (AvgIpc) is 3.16. The molecule has 2 amide bonds. The number of rotatable bonds is 6. The van der Waals surface area contributed by atoms with Crippen LogP contribution in [0.2, 0.25) is 0 Å². The fourth-order valence-corrected chi connectivity index (χ4v) is 4.01. The Labute approximate surface area is 195 Å². The highest BCUT2D eigenvalue weighted by Crippen LogP contribution is 2.35. The molecule has 2 heterocycles. The molecule has 0 bridgehead atoms. The molecule has 0 unspecified atom stereocenters. The number of alkyl halides is 3. The molecule has 0 aliphatic carbocycles. The van der Waals surface area contributed by atoms with Gasteiger partial charge in [0.1, 0.15) is 11.4 Å². The Morgan fingerprint density at radius 3 is 2.32 bits per heavy atom. The van der Waals surface area contributed by atoms with Crippen molar-refractivity contribution >= 4 is 17.5 Å². The lowest BCUT2D eigenvalue weighted by Gasteiger charge is -2.26. The van der Waals surface area contributed by atoms with Gasteiger partial charge in [-0.2, -0.15) is 18.3 Å². The van der Waals surface area contributed by atoms with Crippen molar-refractivity contribution in [3.8, 4) is 16.9 Å². The van der Waals surface area contributed by atoms with Gasteiger partial charge in [0.25, 0.3) is 0 Å². The van der Waals surface area contributed by atoms with Crippen molar-refractivity contribution in [1.82, 2.24) is 20.0 Å². The highest BCUT2D eigenvalue weighted by molar-refractivity contribution is 5.97. The number of likely N-dealkylation sites (tertiary alicyclic amines) is 1. The van der Waals surface area contributed by atoms with E-state index in [1.165, 1.54) is 36.1 Å². The van der Waals surface area contributed by atoms with E-state index in [0.717, 1.165) is 31.8 Å². The predicted molar refractivity (Wildman–Crippen MR) is 126 cm³/mol. The standard InChI is InChI=1S/C24H27F3N6O/c25-24(26,27)18-9-11-19(12-10-18)33-22(28)21(20(31-33)17-7-3-1-4-8-17)30-23(34)29-13-16-32-14-5-2-6-15-32/h1,3-4,7-12H,2,5-6,13-16,28H2,(H2,29,30,34). The molecule has 1 aliphatic rings. The first-order valence-corrected chi connectivity index (χ1v) is 11.2. The maximum absolute atomic E-state index is 13.0. The molecule has 2 aromatic carbocycles.